The number of carboxylic acid groups (broad SMARTS) is 1. The first kappa shape index (κ1) is 9.60. The molecule has 2 heterocycles. The summed E-state index contributed by atoms with van der Waals surface area (Å²) in [6, 6.07) is 1.75. The van der Waals surface area contributed by atoms with Crippen LogP contribution < -0.4 is 5.73 Å². The van der Waals surface area contributed by atoms with Crippen molar-refractivity contribution >= 4 is 11.7 Å². The molecular weight excluding hydrogens is 196 g/mol. The number of hydrogen-bond acceptors (Lipinski definition) is 4. The van der Waals surface area contributed by atoms with Crippen molar-refractivity contribution in [1.82, 2.24) is 14.4 Å². The molecule has 0 fully saturated rings. The second-order valence-electron chi connectivity index (χ2n) is 3.12. The molecule has 6 nitrogen and oxygen atoms in total. The molecular formula is C9H10N4O2. The van der Waals surface area contributed by atoms with E-state index >= 15 is 0 Å². The van der Waals surface area contributed by atoms with E-state index in [1.807, 2.05) is 0 Å². The minimum absolute atomic E-state index is 0.0270. The van der Waals surface area contributed by atoms with E-state index in [2.05, 4.69) is 9.97 Å². The number of nitrogens with zero attached hydrogens (tertiary/aromatic N) is 3. The Morgan fingerprint density at radius 3 is 3.07 bits per heavy atom. The number of rotatable bonds is 3. The molecule has 3 N–H and O–H groups in total. The number of nitrogens with two attached hydrogens (primary N) is 1. The van der Waals surface area contributed by atoms with Crippen LogP contribution in [0.5, 0.6) is 0 Å². The summed E-state index contributed by atoms with van der Waals surface area (Å²) in [5.74, 6) is -1.26. The first-order chi connectivity index (χ1) is 7.22. The van der Waals surface area contributed by atoms with Crippen LogP contribution in [0.15, 0.2) is 24.7 Å². The second-order valence-corrected chi connectivity index (χ2v) is 3.12. The molecule has 0 amide bonds. The number of aliphatic carboxylic acids is 1. The Balaban J connectivity index is 2.47. The van der Waals surface area contributed by atoms with Gasteiger partial charge in [0.05, 0.1) is 5.69 Å². The van der Waals surface area contributed by atoms with Crippen LogP contribution in [-0.4, -0.2) is 32.0 Å². The summed E-state index contributed by atoms with van der Waals surface area (Å²) in [5.41, 5.74) is 5.81. The molecule has 78 valence electrons. The molecule has 0 radical (unpaired) electrons. The molecule has 0 saturated heterocycles. The highest BCUT2D eigenvalue weighted by atomic mass is 16.4. The Kier molecular flexibility index (Phi) is 2.34. The zero-order valence-electron chi connectivity index (χ0n) is 7.87. The predicted molar refractivity (Wildman–Crippen MR) is 52.4 cm³/mol. The third-order valence-electron chi connectivity index (χ3n) is 2.14. The molecule has 2 rings (SSSR count). The first-order valence-corrected chi connectivity index (χ1v) is 4.45. The van der Waals surface area contributed by atoms with Gasteiger partial charge in [-0.3, -0.25) is 9.20 Å². The quantitative estimate of drug-likeness (QED) is 0.728. The van der Waals surface area contributed by atoms with Crippen LogP contribution in [0, 0.1) is 0 Å². The normalized spacial score (nSPS) is 12.9. The topological polar surface area (TPSA) is 93.5 Å². The Morgan fingerprint density at radius 2 is 2.47 bits per heavy atom. The standard InChI is InChI=1S/C9H10N4O2/c10-4-6(8(14)15)7-5-13-3-1-2-11-9(13)12-7/h1-3,5-6H,4,10H2,(H,14,15). The molecule has 0 aliphatic carbocycles. The van der Waals surface area contributed by atoms with Gasteiger partial charge in [0.1, 0.15) is 5.92 Å². The Hall–Kier alpha value is -1.95. The number of aromatic nitrogens is 3. The maximum Gasteiger partial charge on any atom is 0.313 e. The fourth-order valence-electron chi connectivity index (χ4n) is 1.36. The van der Waals surface area contributed by atoms with Gasteiger partial charge in [-0.25, -0.2) is 9.97 Å². The van der Waals surface area contributed by atoms with E-state index in [-0.39, 0.29) is 6.54 Å². The zero-order valence-corrected chi connectivity index (χ0v) is 7.87. The lowest BCUT2D eigenvalue weighted by molar-refractivity contribution is -0.138. The molecule has 6 heteroatoms. The van der Waals surface area contributed by atoms with Crippen LogP contribution in [-0.2, 0) is 4.79 Å². The number of carboxylic acids is 1. The summed E-state index contributed by atoms with van der Waals surface area (Å²) in [6.45, 7) is 0.0270. The number of fused-ring (bicyclic) bond motifs is 1. The van der Waals surface area contributed by atoms with E-state index in [0.717, 1.165) is 0 Å². The molecule has 15 heavy (non-hydrogen) atoms. The fraction of sp³-hybridized carbons (Fsp3) is 0.222. The van der Waals surface area contributed by atoms with Crippen molar-refractivity contribution in [3.63, 3.8) is 0 Å². The summed E-state index contributed by atoms with van der Waals surface area (Å²) in [4.78, 5) is 19.0. The van der Waals surface area contributed by atoms with Crippen molar-refractivity contribution in [2.45, 2.75) is 5.92 Å². The van der Waals surface area contributed by atoms with Crippen LogP contribution in [0.25, 0.3) is 5.78 Å². The summed E-state index contributed by atoms with van der Waals surface area (Å²) >= 11 is 0. The third kappa shape index (κ3) is 1.66. The molecule has 2 aromatic heterocycles. The molecule has 1 atom stereocenters. The van der Waals surface area contributed by atoms with Crippen LogP contribution in [0.3, 0.4) is 0 Å². The van der Waals surface area contributed by atoms with Gasteiger partial charge < -0.3 is 10.8 Å². The van der Waals surface area contributed by atoms with Crippen molar-refractivity contribution in [2.24, 2.45) is 5.73 Å². The van der Waals surface area contributed by atoms with E-state index in [1.54, 1.807) is 29.1 Å². The maximum absolute atomic E-state index is 10.9. The van der Waals surface area contributed by atoms with Crippen molar-refractivity contribution in [2.75, 3.05) is 6.54 Å². The Morgan fingerprint density at radius 1 is 1.67 bits per heavy atom. The van der Waals surface area contributed by atoms with Crippen molar-refractivity contribution < 1.29 is 9.90 Å². The smallest absolute Gasteiger partial charge is 0.313 e. The average Bonchev–Trinajstić information content (AvgIpc) is 2.61. The van der Waals surface area contributed by atoms with E-state index < -0.39 is 11.9 Å². The van der Waals surface area contributed by atoms with E-state index in [9.17, 15) is 4.79 Å². The SMILES string of the molecule is NCC(C(=O)O)c1cn2cccnc2n1. The molecule has 1 unspecified atom stereocenters. The number of carbonyl (C=O) groups is 1. The maximum atomic E-state index is 10.9. The zero-order chi connectivity index (χ0) is 10.8. The lowest BCUT2D eigenvalue weighted by Gasteiger charge is -2.03. The minimum Gasteiger partial charge on any atom is -0.481 e. The van der Waals surface area contributed by atoms with Crippen molar-refractivity contribution in [1.29, 1.82) is 0 Å². The van der Waals surface area contributed by atoms with Crippen LogP contribution >= 0.6 is 0 Å². The van der Waals surface area contributed by atoms with Gasteiger partial charge >= 0.3 is 5.97 Å². The van der Waals surface area contributed by atoms with Gasteiger partial charge in [0.2, 0.25) is 5.78 Å². The van der Waals surface area contributed by atoms with E-state index in [0.29, 0.717) is 11.5 Å². The Labute approximate surface area is 85.4 Å². The fourth-order valence-corrected chi connectivity index (χ4v) is 1.36. The number of imidazole rings is 1. The largest absolute Gasteiger partial charge is 0.481 e. The van der Waals surface area contributed by atoms with Gasteiger partial charge in [-0.05, 0) is 6.07 Å². The molecule has 0 bridgehead atoms. The minimum atomic E-state index is -0.971. The van der Waals surface area contributed by atoms with Crippen LogP contribution in [0.2, 0.25) is 0 Å². The monoisotopic (exact) mass is 206 g/mol. The molecule has 0 aliphatic rings. The highest BCUT2D eigenvalue weighted by molar-refractivity contribution is 5.75. The van der Waals surface area contributed by atoms with Gasteiger partial charge in [0.25, 0.3) is 0 Å². The molecule has 0 saturated carbocycles. The van der Waals surface area contributed by atoms with Gasteiger partial charge in [0, 0.05) is 25.1 Å². The Bertz CT molecular complexity index is 461. The third-order valence-corrected chi connectivity index (χ3v) is 2.14. The summed E-state index contributed by atoms with van der Waals surface area (Å²) < 4.78 is 1.67. The summed E-state index contributed by atoms with van der Waals surface area (Å²) in [6.07, 6.45) is 4.99. The van der Waals surface area contributed by atoms with E-state index in [4.69, 9.17) is 10.8 Å². The average molecular weight is 206 g/mol. The lowest BCUT2D eigenvalue weighted by atomic mass is 10.1. The second kappa shape index (κ2) is 3.66. The van der Waals surface area contributed by atoms with E-state index in [1.165, 1.54) is 0 Å². The van der Waals surface area contributed by atoms with Crippen molar-refractivity contribution in [3.05, 3.63) is 30.4 Å². The predicted octanol–water partition coefficient (Wildman–Crippen LogP) is -0.144. The molecule has 0 aromatic carbocycles. The van der Waals surface area contributed by atoms with Crippen LogP contribution in [0.4, 0.5) is 0 Å². The van der Waals surface area contributed by atoms with Gasteiger partial charge in [-0.2, -0.15) is 0 Å². The summed E-state index contributed by atoms with van der Waals surface area (Å²) in [5, 5.41) is 8.90. The van der Waals surface area contributed by atoms with Crippen LogP contribution in [0.1, 0.15) is 11.6 Å². The summed E-state index contributed by atoms with van der Waals surface area (Å²) in [7, 11) is 0. The van der Waals surface area contributed by atoms with Gasteiger partial charge in [-0.15, -0.1) is 0 Å². The highest BCUT2D eigenvalue weighted by Crippen LogP contribution is 2.13. The highest BCUT2D eigenvalue weighted by Gasteiger charge is 2.21. The first-order valence-electron chi connectivity index (χ1n) is 4.45. The lowest BCUT2D eigenvalue weighted by Crippen LogP contribution is -2.21. The molecule has 0 spiro atoms. The van der Waals surface area contributed by atoms with Gasteiger partial charge in [0.15, 0.2) is 0 Å². The number of hydrogen-bond donors (Lipinski definition) is 2. The van der Waals surface area contributed by atoms with Crippen molar-refractivity contribution in [3.8, 4) is 0 Å². The van der Waals surface area contributed by atoms with Gasteiger partial charge in [-0.1, -0.05) is 0 Å². The molecule has 2 aromatic rings. The molecule has 0 aliphatic heterocycles.